The third kappa shape index (κ3) is 7.66. The van der Waals surface area contributed by atoms with Crippen molar-refractivity contribution in [2.45, 2.75) is 59.1 Å². The Morgan fingerprint density at radius 1 is 1.29 bits per heavy atom. The molecule has 10 heteroatoms. The maximum absolute atomic E-state index is 13.2. The summed E-state index contributed by atoms with van der Waals surface area (Å²) in [5.74, 6) is 0.163. The smallest absolute Gasteiger partial charge is 0.386 e. The summed E-state index contributed by atoms with van der Waals surface area (Å²) in [5, 5.41) is 9.59. The Morgan fingerprint density at radius 2 is 2.00 bits per heavy atom. The van der Waals surface area contributed by atoms with E-state index in [-0.39, 0.29) is 31.2 Å². The molecule has 3 aliphatic heterocycles. The Labute approximate surface area is 224 Å². The first-order chi connectivity index (χ1) is 18.2. The predicted octanol–water partition coefficient (Wildman–Crippen LogP) is 4.48. The molecule has 1 amide bonds. The van der Waals surface area contributed by atoms with Gasteiger partial charge in [0.25, 0.3) is 0 Å². The van der Waals surface area contributed by atoms with Gasteiger partial charge in [-0.1, -0.05) is 20.4 Å². The average molecular weight is 535 g/mol. The Bertz CT molecular complexity index is 1000. The topological polar surface area (TPSA) is 81.1 Å². The number of halogens is 3. The van der Waals surface area contributed by atoms with Crippen molar-refractivity contribution in [3.05, 3.63) is 47.6 Å². The fraction of sp³-hybridized carbons (Fsp3) is 0.607. The molecular weight excluding hydrogens is 493 g/mol. The Kier molecular flexibility index (Phi) is 10.5. The number of carbonyl (C=O) groups excluding carboxylic acids is 1. The van der Waals surface area contributed by atoms with Crippen LogP contribution >= 0.6 is 0 Å². The normalized spacial score (nSPS) is 24.5. The number of allylic oxidation sites excluding steroid dienone is 4. The molecule has 0 atom stereocenters. The standard InChI is InChI=1S/C26H35F3N6O.C2H6/c1-3-21(18(2)22-16-30-10-11-31-22)32-14-19-4-5-23(33-15-19)34-24(36)20-6-12-35(13-7-20)17-25(8-9-25)26(27,28)29;1-2/h3,5,14-15,20,30-31H,1,4,6-13,16-17H2,2H3,(H,34,36);1-2H3/b19-14+,22-18+,32-21+;. The number of alkyl halides is 3. The molecule has 3 fully saturated rings. The summed E-state index contributed by atoms with van der Waals surface area (Å²) in [4.78, 5) is 23.5. The minimum Gasteiger partial charge on any atom is -0.386 e. The third-order valence-corrected chi connectivity index (χ3v) is 7.43. The second-order valence-electron chi connectivity index (χ2n) is 10.00. The van der Waals surface area contributed by atoms with Crippen LogP contribution in [0.5, 0.6) is 0 Å². The lowest BCUT2D eigenvalue weighted by Crippen LogP contribution is -2.44. The molecule has 0 aromatic carbocycles. The van der Waals surface area contributed by atoms with Crippen LogP contribution in [-0.4, -0.2) is 68.2 Å². The van der Waals surface area contributed by atoms with Crippen LogP contribution in [0.2, 0.25) is 0 Å². The van der Waals surface area contributed by atoms with Crippen LogP contribution in [0.25, 0.3) is 0 Å². The number of nitrogens with one attached hydrogen (secondary N) is 3. The van der Waals surface area contributed by atoms with Gasteiger partial charge in [-0.15, -0.1) is 0 Å². The van der Waals surface area contributed by atoms with Gasteiger partial charge >= 0.3 is 6.18 Å². The van der Waals surface area contributed by atoms with Crippen LogP contribution in [-0.2, 0) is 4.79 Å². The first-order valence-electron chi connectivity index (χ1n) is 13.6. The molecule has 3 heterocycles. The summed E-state index contributed by atoms with van der Waals surface area (Å²) in [6, 6.07) is 0. The highest BCUT2D eigenvalue weighted by molar-refractivity contribution is 6.08. The highest BCUT2D eigenvalue weighted by atomic mass is 19.4. The maximum atomic E-state index is 13.2. The number of hydrogen-bond acceptors (Lipinski definition) is 6. The van der Waals surface area contributed by atoms with Crippen LogP contribution in [0.3, 0.4) is 0 Å². The molecular formula is C28H41F3N6O. The van der Waals surface area contributed by atoms with E-state index in [1.807, 2.05) is 31.7 Å². The number of nitrogens with zero attached hydrogens (tertiary/aromatic N) is 3. The van der Waals surface area contributed by atoms with E-state index in [9.17, 15) is 18.0 Å². The Morgan fingerprint density at radius 3 is 2.53 bits per heavy atom. The summed E-state index contributed by atoms with van der Waals surface area (Å²) in [7, 11) is 0. The van der Waals surface area contributed by atoms with Crippen molar-refractivity contribution in [3.8, 4) is 0 Å². The van der Waals surface area contributed by atoms with Gasteiger partial charge in [-0.05, 0) is 75.4 Å². The molecule has 210 valence electrons. The maximum Gasteiger partial charge on any atom is 0.395 e. The lowest BCUT2D eigenvalue weighted by Gasteiger charge is -2.34. The highest BCUT2D eigenvalue weighted by Gasteiger charge is 2.63. The van der Waals surface area contributed by atoms with Crippen LogP contribution in [0.15, 0.2) is 57.6 Å². The monoisotopic (exact) mass is 534 g/mol. The molecule has 0 radical (unpaired) electrons. The minimum atomic E-state index is -4.14. The SMILES string of the molecule is C=CC(=N\C=C1\C=NC(NC(=O)C2CCN(CC3(C(F)(F)F)CC3)CC2)=CC1)/C(C)=C1\CNCCN1.CC. The Balaban J connectivity index is 0.00000195. The minimum absolute atomic E-state index is 0.0511. The molecule has 3 N–H and O–H groups in total. The number of likely N-dealkylation sites (tertiary alicyclic amines) is 1. The predicted molar refractivity (Wildman–Crippen MR) is 147 cm³/mol. The van der Waals surface area contributed by atoms with Crippen molar-refractivity contribution in [1.82, 2.24) is 20.9 Å². The van der Waals surface area contributed by atoms with Gasteiger partial charge in [-0.2, -0.15) is 13.2 Å². The van der Waals surface area contributed by atoms with Gasteiger partial charge in [0.2, 0.25) is 5.91 Å². The van der Waals surface area contributed by atoms with E-state index in [1.165, 1.54) is 0 Å². The van der Waals surface area contributed by atoms with Gasteiger partial charge in [-0.3, -0.25) is 9.79 Å². The van der Waals surface area contributed by atoms with Crippen molar-refractivity contribution >= 4 is 17.8 Å². The zero-order chi connectivity index (χ0) is 27.8. The summed E-state index contributed by atoms with van der Waals surface area (Å²) in [5.41, 5.74) is 2.33. The van der Waals surface area contributed by atoms with E-state index >= 15 is 0 Å². The van der Waals surface area contributed by atoms with Gasteiger partial charge in [0.1, 0.15) is 5.82 Å². The highest BCUT2D eigenvalue weighted by Crippen LogP contribution is 2.58. The van der Waals surface area contributed by atoms with Gasteiger partial charge in [0, 0.05) is 50.2 Å². The molecule has 1 saturated carbocycles. The lowest BCUT2D eigenvalue weighted by molar-refractivity contribution is -0.192. The lowest BCUT2D eigenvalue weighted by atomic mass is 9.94. The number of carbonyl (C=O) groups is 1. The van der Waals surface area contributed by atoms with E-state index in [1.54, 1.807) is 18.5 Å². The summed E-state index contributed by atoms with van der Waals surface area (Å²) >= 11 is 0. The fourth-order valence-corrected chi connectivity index (χ4v) is 4.79. The molecule has 0 aromatic heterocycles. The molecule has 4 aliphatic rings. The number of amides is 1. The van der Waals surface area contributed by atoms with Crippen LogP contribution in [0.1, 0.15) is 52.9 Å². The third-order valence-electron chi connectivity index (χ3n) is 7.43. The van der Waals surface area contributed by atoms with E-state index in [0.717, 1.165) is 42.2 Å². The van der Waals surface area contributed by atoms with E-state index in [2.05, 4.69) is 32.5 Å². The molecule has 4 rings (SSSR count). The number of hydrogen-bond donors (Lipinski definition) is 3. The fourth-order valence-electron chi connectivity index (χ4n) is 4.79. The zero-order valence-corrected chi connectivity index (χ0v) is 22.8. The van der Waals surface area contributed by atoms with E-state index in [0.29, 0.717) is 38.2 Å². The van der Waals surface area contributed by atoms with Gasteiger partial charge in [0.05, 0.1) is 11.1 Å². The number of piperazine rings is 1. The van der Waals surface area contributed by atoms with Gasteiger partial charge in [0.15, 0.2) is 0 Å². The molecule has 7 nitrogen and oxygen atoms in total. The van der Waals surface area contributed by atoms with Crippen molar-refractivity contribution < 1.29 is 18.0 Å². The van der Waals surface area contributed by atoms with Crippen molar-refractivity contribution in [3.63, 3.8) is 0 Å². The van der Waals surface area contributed by atoms with Crippen LogP contribution in [0, 0.1) is 11.3 Å². The molecule has 0 bridgehead atoms. The quantitative estimate of drug-likeness (QED) is 0.421. The van der Waals surface area contributed by atoms with Crippen molar-refractivity contribution in [2.24, 2.45) is 21.3 Å². The van der Waals surface area contributed by atoms with Crippen molar-refractivity contribution in [2.75, 3.05) is 39.3 Å². The van der Waals surface area contributed by atoms with E-state index < -0.39 is 11.6 Å². The zero-order valence-electron chi connectivity index (χ0n) is 22.8. The molecule has 1 aliphatic carbocycles. The van der Waals surface area contributed by atoms with Gasteiger partial charge < -0.3 is 20.9 Å². The first-order valence-corrected chi connectivity index (χ1v) is 13.6. The van der Waals surface area contributed by atoms with E-state index in [4.69, 9.17) is 0 Å². The number of rotatable bonds is 7. The van der Waals surface area contributed by atoms with Crippen LogP contribution < -0.4 is 16.0 Å². The second-order valence-corrected chi connectivity index (χ2v) is 10.00. The molecule has 0 spiro atoms. The Hall–Kier alpha value is -2.72. The second kappa shape index (κ2) is 13.4. The number of piperidine rings is 1. The number of aliphatic imine (C=N–C) groups is 2. The first kappa shape index (κ1) is 29.8. The van der Waals surface area contributed by atoms with Crippen LogP contribution in [0.4, 0.5) is 13.2 Å². The molecule has 2 saturated heterocycles. The molecule has 38 heavy (non-hydrogen) atoms. The van der Waals surface area contributed by atoms with Gasteiger partial charge in [-0.25, -0.2) is 4.99 Å². The largest absolute Gasteiger partial charge is 0.395 e. The average Bonchev–Trinajstić information content (AvgIpc) is 3.73. The summed E-state index contributed by atoms with van der Waals surface area (Å²) in [6.45, 7) is 13.5. The summed E-state index contributed by atoms with van der Waals surface area (Å²) in [6.07, 6.45) is 5.02. The molecule has 0 unspecified atom stereocenters. The molecule has 0 aromatic rings. The van der Waals surface area contributed by atoms with Crippen molar-refractivity contribution in [1.29, 1.82) is 0 Å². The summed E-state index contributed by atoms with van der Waals surface area (Å²) < 4.78 is 39.7.